The molecule has 0 bridgehead atoms. The number of fused-ring (bicyclic) bond motifs is 2. The average Bonchev–Trinajstić information content (AvgIpc) is 3.50. The van der Waals surface area contributed by atoms with Crippen LogP contribution in [0.4, 0.5) is 21.6 Å². The first-order chi connectivity index (χ1) is 18.9. The lowest BCUT2D eigenvalue weighted by molar-refractivity contribution is 0.0790. The number of methoxy groups -OCH3 is 1. The fraction of sp³-hybridized carbons (Fsp3) is 0.258. The molecule has 0 saturated heterocycles. The predicted molar refractivity (Wildman–Crippen MR) is 148 cm³/mol. The Labute approximate surface area is 225 Å². The molecule has 2 aliphatic carbocycles. The number of rotatable bonds is 6. The van der Waals surface area contributed by atoms with Crippen LogP contribution in [0.1, 0.15) is 52.6 Å². The van der Waals surface area contributed by atoms with Crippen LogP contribution in [-0.4, -0.2) is 28.8 Å². The third-order valence-electron chi connectivity index (χ3n) is 8.05. The molecule has 198 valence electrons. The van der Waals surface area contributed by atoms with Crippen molar-refractivity contribution in [1.82, 2.24) is 9.97 Å². The molecular formula is C31H29FN4O3. The van der Waals surface area contributed by atoms with Crippen molar-refractivity contribution in [3.63, 3.8) is 0 Å². The molecule has 1 saturated carbocycles. The number of halogens is 1. The molecule has 7 nitrogen and oxygen atoms in total. The summed E-state index contributed by atoms with van der Waals surface area (Å²) in [5, 5.41) is 6.24. The Kier molecular flexibility index (Phi) is 6.17. The van der Waals surface area contributed by atoms with Crippen molar-refractivity contribution >= 4 is 28.9 Å². The van der Waals surface area contributed by atoms with E-state index in [0.717, 1.165) is 60.1 Å². The highest BCUT2D eigenvalue weighted by Crippen LogP contribution is 2.53. The first kappa shape index (κ1) is 24.9. The number of ketones is 1. The number of aromatic amines is 1. The highest BCUT2D eigenvalue weighted by Gasteiger charge is 2.49. The highest BCUT2D eigenvalue weighted by atomic mass is 19.1. The molecule has 2 heterocycles. The number of ether oxygens (including phenoxy) is 1. The maximum absolute atomic E-state index is 14.2. The SMILES string of the molecule is COc1ccc(C(=O)Nc2cc(-c3[nH]c4c(c3Nc3ccccc3)C(=O)C3CCC[C@@]3(C)C4)ccn2)cc1F. The topological polar surface area (TPSA) is 96.1 Å². The zero-order valence-corrected chi connectivity index (χ0v) is 21.8. The maximum atomic E-state index is 14.2. The normalized spacial score (nSPS) is 19.8. The van der Waals surface area contributed by atoms with E-state index in [1.165, 1.54) is 19.2 Å². The fourth-order valence-electron chi connectivity index (χ4n) is 6.08. The van der Waals surface area contributed by atoms with Crippen LogP contribution < -0.4 is 15.4 Å². The van der Waals surface area contributed by atoms with Gasteiger partial charge in [0, 0.05) is 34.6 Å². The minimum absolute atomic E-state index is 0.0159. The largest absolute Gasteiger partial charge is 0.494 e. The van der Waals surface area contributed by atoms with E-state index in [1.807, 2.05) is 36.4 Å². The predicted octanol–water partition coefficient (Wildman–Crippen LogP) is 6.77. The summed E-state index contributed by atoms with van der Waals surface area (Å²) in [6.45, 7) is 2.22. The monoisotopic (exact) mass is 524 g/mol. The molecule has 2 atom stereocenters. The maximum Gasteiger partial charge on any atom is 0.256 e. The van der Waals surface area contributed by atoms with Gasteiger partial charge in [-0.15, -0.1) is 0 Å². The van der Waals surface area contributed by atoms with Gasteiger partial charge in [-0.2, -0.15) is 0 Å². The molecule has 2 aliphatic rings. The minimum atomic E-state index is -0.622. The molecule has 1 fully saturated rings. The number of nitrogens with zero attached hydrogens (tertiary/aromatic N) is 1. The van der Waals surface area contributed by atoms with Crippen LogP contribution in [0.15, 0.2) is 66.9 Å². The van der Waals surface area contributed by atoms with Gasteiger partial charge in [-0.25, -0.2) is 9.37 Å². The van der Waals surface area contributed by atoms with Crippen LogP contribution in [0, 0.1) is 17.2 Å². The molecule has 2 aromatic carbocycles. The molecule has 4 aromatic rings. The van der Waals surface area contributed by atoms with Crippen molar-refractivity contribution in [2.24, 2.45) is 11.3 Å². The lowest BCUT2D eigenvalue weighted by atomic mass is 9.68. The Morgan fingerprint density at radius 3 is 2.74 bits per heavy atom. The molecule has 0 aliphatic heterocycles. The van der Waals surface area contributed by atoms with Crippen molar-refractivity contribution in [2.45, 2.75) is 32.6 Å². The molecule has 8 heteroatoms. The second kappa shape index (κ2) is 9.69. The summed E-state index contributed by atoms with van der Waals surface area (Å²) in [6, 6.07) is 17.4. The smallest absolute Gasteiger partial charge is 0.256 e. The first-order valence-electron chi connectivity index (χ1n) is 13.1. The number of pyridine rings is 1. The number of carbonyl (C=O) groups is 2. The van der Waals surface area contributed by atoms with Gasteiger partial charge in [0.15, 0.2) is 17.3 Å². The number of nitrogens with one attached hydrogen (secondary N) is 3. The Bertz CT molecular complexity index is 1580. The van der Waals surface area contributed by atoms with Crippen molar-refractivity contribution in [3.8, 4) is 17.0 Å². The molecule has 1 unspecified atom stereocenters. The number of anilines is 3. The number of Topliss-reactive ketones (excluding diaryl/α,β-unsaturated/α-hetero) is 1. The van der Waals surface area contributed by atoms with E-state index in [9.17, 15) is 14.0 Å². The molecule has 3 N–H and O–H groups in total. The number of carbonyl (C=O) groups excluding carboxylic acids is 2. The van der Waals surface area contributed by atoms with Gasteiger partial charge in [0.1, 0.15) is 5.82 Å². The van der Waals surface area contributed by atoms with Crippen LogP contribution >= 0.6 is 0 Å². The average molecular weight is 525 g/mol. The van der Waals surface area contributed by atoms with Gasteiger partial charge in [-0.05, 0) is 67.1 Å². The van der Waals surface area contributed by atoms with Crippen LogP contribution in [0.2, 0.25) is 0 Å². The number of aromatic nitrogens is 2. The summed E-state index contributed by atoms with van der Waals surface area (Å²) >= 11 is 0. The highest BCUT2D eigenvalue weighted by molar-refractivity contribution is 6.09. The van der Waals surface area contributed by atoms with Crippen molar-refractivity contribution in [2.75, 3.05) is 17.7 Å². The Morgan fingerprint density at radius 2 is 1.97 bits per heavy atom. The summed E-state index contributed by atoms with van der Waals surface area (Å²) in [4.78, 5) is 34.5. The molecule has 1 amide bonds. The van der Waals surface area contributed by atoms with Crippen LogP contribution in [0.5, 0.6) is 5.75 Å². The van der Waals surface area contributed by atoms with Gasteiger partial charge in [-0.1, -0.05) is 31.5 Å². The number of H-pyrrole nitrogens is 1. The van der Waals surface area contributed by atoms with Crippen molar-refractivity contribution < 1.29 is 18.7 Å². The van der Waals surface area contributed by atoms with E-state index in [2.05, 4.69) is 27.5 Å². The summed E-state index contributed by atoms with van der Waals surface area (Å²) in [5.41, 5.74) is 4.88. The zero-order valence-electron chi connectivity index (χ0n) is 21.8. The quantitative estimate of drug-likeness (QED) is 0.259. The van der Waals surface area contributed by atoms with Crippen LogP contribution in [-0.2, 0) is 6.42 Å². The molecule has 6 rings (SSSR count). The Balaban J connectivity index is 1.37. The van der Waals surface area contributed by atoms with Crippen molar-refractivity contribution in [3.05, 3.63) is 89.5 Å². The fourth-order valence-corrected chi connectivity index (χ4v) is 6.08. The second-order valence-electron chi connectivity index (χ2n) is 10.6. The first-order valence-corrected chi connectivity index (χ1v) is 13.1. The summed E-state index contributed by atoms with van der Waals surface area (Å²) < 4.78 is 19.1. The van der Waals surface area contributed by atoms with Gasteiger partial charge >= 0.3 is 0 Å². The third kappa shape index (κ3) is 4.46. The summed E-state index contributed by atoms with van der Waals surface area (Å²) in [6.07, 6.45) is 5.42. The molecular weight excluding hydrogens is 495 g/mol. The summed E-state index contributed by atoms with van der Waals surface area (Å²) in [7, 11) is 1.37. The van der Waals surface area contributed by atoms with E-state index in [0.29, 0.717) is 11.4 Å². The lowest BCUT2D eigenvalue weighted by Gasteiger charge is -2.35. The minimum Gasteiger partial charge on any atom is -0.494 e. The van der Waals surface area contributed by atoms with Crippen molar-refractivity contribution in [1.29, 1.82) is 0 Å². The van der Waals surface area contributed by atoms with E-state index in [4.69, 9.17) is 4.74 Å². The van der Waals surface area contributed by atoms with Gasteiger partial charge in [0.05, 0.1) is 24.1 Å². The number of hydrogen-bond acceptors (Lipinski definition) is 5. The summed E-state index contributed by atoms with van der Waals surface area (Å²) in [5.74, 6) is -0.548. The number of benzene rings is 2. The van der Waals surface area contributed by atoms with Gasteiger partial charge in [-0.3, -0.25) is 9.59 Å². The zero-order chi connectivity index (χ0) is 27.1. The number of para-hydroxylation sites is 1. The van der Waals surface area contributed by atoms with Crippen LogP contribution in [0.25, 0.3) is 11.3 Å². The van der Waals surface area contributed by atoms with E-state index in [1.54, 1.807) is 12.3 Å². The van der Waals surface area contributed by atoms with Crippen LogP contribution in [0.3, 0.4) is 0 Å². The second-order valence-corrected chi connectivity index (χ2v) is 10.6. The van der Waals surface area contributed by atoms with Gasteiger partial charge < -0.3 is 20.4 Å². The molecule has 0 spiro atoms. The Morgan fingerprint density at radius 1 is 1.15 bits per heavy atom. The van der Waals surface area contributed by atoms with Gasteiger partial charge in [0.25, 0.3) is 5.91 Å². The van der Waals surface area contributed by atoms with Gasteiger partial charge in [0.2, 0.25) is 0 Å². The van der Waals surface area contributed by atoms with E-state index >= 15 is 0 Å². The lowest BCUT2D eigenvalue weighted by Crippen LogP contribution is -2.36. The van der Waals surface area contributed by atoms with E-state index < -0.39 is 11.7 Å². The molecule has 2 aromatic heterocycles. The number of amides is 1. The van der Waals surface area contributed by atoms with E-state index in [-0.39, 0.29) is 28.4 Å². The number of hydrogen-bond donors (Lipinski definition) is 3. The Hall–Kier alpha value is -4.46. The molecule has 0 radical (unpaired) electrons. The standard InChI is InChI=1S/C31H29FN4O3/c1-31-13-6-9-21(31)29(37)26-23(17-31)35-27(28(26)34-20-7-4-3-5-8-20)18-12-14-33-25(16-18)36-30(38)19-10-11-24(39-2)22(32)15-19/h3-5,7-8,10-12,14-16,21,34-35H,6,9,13,17H2,1-2H3,(H,33,36,38)/t21?,31-/m0/s1. The molecule has 39 heavy (non-hydrogen) atoms. The third-order valence-corrected chi connectivity index (χ3v) is 8.05.